The molecule has 1 amide bonds. The predicted molar refractivity (Wildman–Crippen MR) is 109 cm³/mol. The van der Waals surface area contributed by atoms with E-state index in [2.05, 4.69) is 5.32 Å². The monoisotopic (exact) mass is 436 g/mol. The van der Waals surface area contributed by atoms with Crippen molar-refractivity contribution >= 4 is 39.2 Å². The third-order valence-electron chi connectivity index (χ3n) is 4.52. The number of nitrogens with zero attached hydrogens (tertiary/aromatic N) is 1. The summed E-state index contributed by atoms with van der Waals surface area (Å²) >= 11 is 5.88. The number of anilines is 1. The molecule has 0 spiro atoms. The second-order valence-corrected chi connectivity index (χ2v) is 9.06. The molecule has 2 aromatic rings. The van der Waals surface area contributed by atoms with Gasteiger partial charge in [-0.2, -0.15) is 4.31 Å². The van der Waals surface area contributed by atoms with Crippen LogP contribution in [0.15, 0.2) is 53.4 Å². The third kappa shape index (κ3) is 5.14. The highest BCUT2D eigenvalue weighted by molar-refractivity contribution is 7.89. The Morgan fingerprint density at radius 1 is 1.10 bits per heavy atom. The summed E-state index contributed by atoms with van der Waals surface area (Å²) in [6.07, 6.45) is 0.556. The molecule has 1 saturated heterocycles. The molecule has 29 heavy (non-hydrogen) atoms. The van der Waals surface area contributed by atoms with E-state index in [0.29, 0.717) is 23.8 Å². The van der Waals surface area contributed by atoms with Gasteiger partial charge in [-0.25, -0.2) is 13.2 Å². The van der Waals surface area contributed by atoms with Gasteiger partial charge in [0.2, 0.25) is 10.0 Å². The van der Waals surface area contributed by atoms with Crippen LogP contribution in [0.1, 0.15) is 30.1 Å². The van der Waals surface area contributed by atoms with Crippen LogP contribution in [0, 0.1) is 0 Å². The van der Waals surface area contributed by atoms with Gasteiger partial charge in [-0.15, -0.1) is 0 Å². The van der Waals surface area contributed by atoms with Crippen LogP contribution in [-0.2, 0) is 19.6 Å². The minimum Gasteiger partial charge on any atom is -0.449 e. The SMILES string of the molecule is C[C@H](OC(=O)c1cccc(S(=O)(=O)N2CCCC2)c1)C(=O)Nc1cccc(Cl)c1. The highest BCUT2D eigenvalue weighted by Crippen LogP contribution is 2.22. The molecule has 9 heteroatoms. The Morgan fingerprint density at radius 3 is 2.48 bits per heavy atom. The van der Waals surface area contributed by atoms with E-state index in [1.807, 2.05) is 0 Å². The smallest absolute Gasteiger partial charge is 0.338 e. The average Bonchev–Trinajstić information content (AvgIpc) is 3.23. The van der Waals surface area contributed by atoms with Gasteiger partial charge in [0.15, 0.2) is 6.10 Å². The van der Waals surface area contributed by atoms with E-state index in [0.717, 1.165) is 12.8 Å². The molecule has 2 aromatic carbocycles. The molecule has 1 aliphatic heterocycles. The average molecular weight is 437 g/mol. The zero-order chi connectivity index (χ0) is 21.0. The number of ether oxygens (including phenoxy) is 1. The molecule has 0 aromatic heterocycles. The van der Waals surface area contributed by atoms with Crippen molar-refractivity contribution < 1.29 is 22.7 Å². The molecule has 1 heterocycles. The first-order valence-corrected chi connectivity index (χ1v) is 11.0. The molecule has 7 nitrogen and oxygen atoms in total. The largest absolute Gasteiger partial charge is 0.449 e. The molecule has 0 aliphatic carbocycles. The molecule has 0 bridgehead atoms. The van der Waals surface area contributed by atoms with Gasteiger partial charge in [0, 0.05) is 23.8 Å². The molecule has 0 saturated carbocycles. The minimum absolute atomic E-state index is 0.0323. The van der Waals surface area contributed by atoms with Crippen molar-refractivity contribution in [2.75, 3.05) is 18.4 Å². The van der Waals surface area contributed by atoms with Gasteiger partial charge in [-0.3, -0.25) is 4.79 Å². The van der Waals surface area contributed by atoms with Gasteiger partial charge in [0.25, 0.3) is 5.91 Å². The number of hydrogen-bond acceptors (Lipinski definition) is 5. The number of rotatable bonds is 6. The molecule has 1 atom stereocenters. The number of sulfonamides is 1. The molecule has 1 N–H and O–H groups in total. The topological polar surface area (TPSA) is 92.8 Å². The van der Waals surface area contributed by atoms with Crippen molar-refractivity contribution in [3.05, 3.63) is 59.1 Å². The van der Waals surface area contributed by atoms with Gasteiger partial charge in [-0.05, 0) is 56.2 Å². The van der Waals surface area contributed by atoms with Crippen molar-refractivity contribution in [1.82, 2.24) is 4.31 Å². The molecule has 1 fully saturated rings. The maximum absolute atomic E-state index is 12.7. The molecule has 1 aliphatic rings. The lowest BCUT2D eigenvalue weighted by atomic mass is 10.2. The van der Waals surface area contributed by atoms with Gasteiger partial charge in [-0.1, -0.05) is 23.7 Å². The highest BCUT2D eigenvalue weighted by atomic mass is 35.5. The predicted octanol–water partition coefficient (Wildman–Crippen LogP) is 3.31. The zero-order valence-electron chi connectivity index (χ0n) is 15.8. The lowest BCUT2D eigenvalue weighted by Gasteiger charge is -2.16. The normalized spacial score (nSPS) is 15.7. The summed E-state index contributed by atoms with van der Waals surface area (Å²) in [5.41, 5.74) is 0.539. The fraction of sp³-hybridized carbons (Fsp3) is 0.300. The standard InChI is InChI=1S/C20H21ClN2O5S/c1-14(19(24)22-17-8-5-7-16(21)13-17)28-20(25)15-6-4-9-18(12-15)29(26,27)23-10-2-3-11-23/h4-9,12-14H,2-3,10-11H2,1H3,(H,22,24)/t14-/m0/s1. The molecular formula is C20H21ClN2O5S. The molecule has 3 rings (SSSR count). The Kier molecular flexibility index (Phi) is 6.56. The van der Waals surface area contributed by atoms with Crippen LogP contribution < -0.4 is 5.32 Å². The van der Waals surface area contributed by atoms with Crippen LogP contribution >= 0.6 is 11.6 Å². The Morgan fingerprint density at radius 2 is 1.79 bits per heavy atom. The van der Waals surface area contributed by atoms with E-state index in [1.165, 1.54) is 35.5 Å². The second kappa shape index (κ2) is 8.94. The number of carbonyl (C=O) groups is 2. The molecule has 0 unspecified atom stereocenters. The quantitative estimate of drug-likeness (QED) is 0.701. The summed E-state index contributed by atoms with van der Waals surface area (Å²) in [5, 5.41) is 3.07. The summed E-state index contributed by atoms with van der Waals surface area (Å²) in [6, 6.07) is 12.2. The Hall–Kier alpha value is -2.42. The molecule has 0 radical (unpaired) electrons. The lowest BCUT2D eigenvalue weighted by Crippen LogP contribution is -2.30. The van der Waals surface area contributed by atoms with E-state index in [1.54, 1.807) is 24.3 Å². The first kappa shape index (κ1) is 21.3. The van der Waals surface area contributed by atoms with Gasteiger partial charge in [0.05, 0.1) is 10.5 Å². The van der Waals surface area contributed by atoms with Crippen LogP contribution in [0.4, 0.5) is 5.69 Å². The maximum atomic E-state index is 12.7. The molecule has 154 valence electrons. The number of esters is 1. The Balaban J connectivity index is 1.68. The maximum Gasteiger partial charge on any atom is 0.338 e. The van der Waals surface area contributed by atoms with Gasteiger partial charge < -0.3 is 10.1 Å². The first-order valence-electron chi connectivity index (χ1n) is 9.15. The van der Waals surface area contributed by atoms with Crippen LogP contribution in [0.25, 0.3) is 0 Å². The summed E-state index contributed by atoms with van der Waals surface area (Å²) in [7, 11) is -3.65. The minimum atomic E-state index is -3.65. The third-order valence-corrected chi connectivity index (χ3v) is 6.65. The van der Waals surface area contributed by atoms with E-state index in [9.17, 15) is 18.0 Å². The zero-order valence-corrected chi connectivity index (χ0v) is 17.4. The van der Waals surface area contributed by atoms with Crippen LogP contribution in [0.5, 0.6) is 0 Å². The van der Waals surface area contributed by atoms with Crippen molar-refractivity contribution in [3.8, 4) is 0 Å². The lowest BCUT2D eigenvalue weighted by molar-refractivity contribution is -0.123. The highest BCUT2D eigenvalue weighted by Gasteiger charge is 2.28. The van der Waals surface area contributed by atoms with Crippen molar-refractivity contribution in [1.29, 1.82) is 0 Å². The van der Waals surface area contributed by atoms with E-state index in [-0.39, 0.29) is 10.5 Å². The number of benzene rings is 2. The van der Waals surface area contributed by atoms with Crippen molar-refractivity contribution in [2.45, 2.75) is 30.8 Å². The summed E-state index contributed by atoms with van der Waals surface area (Å²) < 4.78 is 31.9. The van der Waals surface area contributed by atoms with E-state index >= 15 is 0 Å². The van der Waals surface area contributed by atoms with Gasteiger partial charge >= 0.3 is 5.97 Å². The fourth-order valence-electron chi connectivity index (χ4n) is 2.95. The van der Waals surface area contributed by atoms with Crippen molar-refractivity contribution in [2.24, 2.45) is 0 Å². The number of amides is 1. The summed E-state index contributed by atoms with van der Waals surface area (Å²) in [4.78, 5) is 24.7. The number of halogens is 1. The summed E-state index contributed by atoms with van der Waals surface area (Å²) in [5.74, 6) is -1.31. The van der Waals surface area contributed by atoms with Crippen LogP contribution in [0.3, 0.4) is 0 Å². The van der Waals surface area contributed by atoms with Crippen LogP contribution in [0.2, 0.25) is 5.02 Å². The Labute approximate surface area is 174 Å². The fourth-order valence-corrected chi connectivity index (χ4v) is 4.71. The van der Waals surface area contributed by atoms with E-state index in [4.69, 9.17) is 16.3 Å². The first-order chi connectivity index (χ1) is 13.8. The van der Waals surface area contributed by atoms with Gasteiger partial charge in [0.1, 0.15) is 0 Å². The molecular weight excluding hydrogens is 416 g/mol. The summed E-state index contributed by atoms with van der Waals surface area (Å²) in [6.45, 7) is 2.37. The number of carbonyl (C=O) groups excluding carboxylic acids is 2. The van der Waals surface area contributed by atoms with Crippen molar-refractivity contribution in [3.63, 3.8) is 0 Å². The number of hydrogen-bond donors (Lipinski definition) is 1. The van der Waals surface area contributed by atoms with E-state index < -0.39 is 28.0 Å². The number of nitrogens with one attached hydrogen (secondary N) is 1. The van der Waals surface area contributed by atoms with Crippen LogP contribution in [-0.4, -0.2) is 43.8 Å². The second-order valence-electron chi connectivity index (χ2n) is 6.69. The Bertz CT molecular complexity index is 1020.